The second-order valence-electron chi connectivity index (χ2n) is 6.27. The summed E-state index contributed by atoms with van der Waals surface area (Å²) in [4.78, 5) is 11.8. The third-order valence-electron chi connectivity index (χ3n) is 3.72. The summed E-state index contributed by atoms with van der Waals surface area (Å²) in [6.45, 7) is 6.57. The van der Waals surface area contributed by atoms with Crippen LogP contribution in [0.25, 0.3) is 22.0 Å². The predicted octanol–water partition coefficient (Wildman–Crippen LogP) is 3.89. The van der Waals surface area contributed by atoms with Gasteiger partial charge in [-0.2, -0.15) is 5.10 Å². The molecule has 0 aliphatic carbocycles. The Morgan fingerprint density at radius 1 is 0.905 bits per heavy atom. The molecule has 0 saturated carbocycles. The molecule has 0 radical (unpaired) electrons. The van der Waals surface area contributed by atoms with E-state index in [1.54, 1.807) is 0 Å². The van der Waals surface area contributed by atoms with Gasteiger partial charge >= 0.3 is 0 Å². The molecule has 1 aromatic heterocycles. The quantitative estimate of drug-likeness (QED) is 0.734. The predicted molar refractivity (Wildman–Crippen MR) is 86.5 cm³/mol. The Hall–Kier alpha value is -2.42. The molecular weight excluding hydrogens is 260 g/mol. The van der Waals surface area contributed by atoms with E-state index >= 15 is 0 Å². The molecule has 2 aromatic carbocycles. The number of benzene rings is 2. The number of nitrogens with zero attached hydrogens (tertiary/aromatic N) is 1. The molecule has 3 aromatic rings. The summed E-state index contributed by atoms with van der Waals surface area (Å²) in [5.41, 5.74) is 3.07. The van der Waals surface area contributed by atoms with Crippen LogP contribution in [0.5, 0.6) is 0 Å². The van der Waals surface area contributed by atoms with Crippen molar-refractivity contribution in [3.05, 3.63) is 64.4 Å². The van der Waals surface area contributed by atoms with Crippen molar-refractivity contribution < 1.29 is 0 Å². The highest BCUT2D eigenvalue weighted by molar-refractivity contribution is 5.93. The smallest absolute Gasteiger partial charge is 0.267 e. The average molecular weight is 278 g/mol. The lowest BCUT2D eigenvalue weighted by atomic mass is 9.86. The van der Waals surface area contributed by atoms with Crippen LogP contribution in [0.2, 0.25) is 0 Å². The lowest BCUT2D eigenvalue weighted by Gasteiger charge is -2.19. The van der Waals surface area contributed by atoms with Crippen LogP contribution in [0.4, 0.5) is 0 Å². The molecule has 0 aliphatic heterocycles. The number of rotatable bonds is 1. The van der Waals surface area contributed by atoms with Gasteiger partial charge in [0.25, 0.3) is 5.56 Å². The van der Waals surface area contributed by atoms with Crippen LogP contribution >= 0.6 is 0 Å². The maximum atomic E-state index is 11.8. The van der Waals surface area contributed by atoms with E-state index in [-0.39, 0.29) is 11.0 Å². The molecule has 0 amide bonds. The molecule has 3 heteroatoms. The summed E-state index contributed by atoms with van der Waals surface area (Å²) in [6, 6.07) is 15.9. The van der Waals surface area contributed by atoms with Gasteiger partial charge < -0.3 is 0 Å². The standard InChI is InChI=1S/C18H18N2O/c1-18(2,3)13-10-8-12(9-11-13)16-14-6-4-5-7-15(14)17(21)20-19-16/h4-11H,1-3H3,(H,20,21). The molecule has 3 nitrogen and oxygen atoms in total. The highest BCUT2D eigenvalue weighted by atomic mass is 16.1. The third-order valence-corrected chi connectivity index (χ3v) is 3.72. The van der Waals surface area contributed by atoms with Crippen molar-refractivity contribution in [2.24, 2.45) is 0 Å². The van der Waals surface area contributed by atoms with E-state index in [4.69, 9.17) is 0 Å². The Morgan fingerprint density at radius 3 is 2.14 bits per heavy atom. The van der Waals surface area contributed by atoms with Gasteiger partial charge in [-0.1, -0.05) is 63.2 Å². The molecular formula is C18H18N2O. The molecule has 0 saturated heterocycles. The van der Waals surface area contributed by atoms with Gasteiger partial charge in [-0.3, -0.25) is 4.79 Å². The zero-order valence-electron chi connectivity index (χ0n) is 12.5. The van der Waals surface area contributed by atoms with Crippen LogP contribution < -0.4 is 5.56 Å². The van der Waals surface area contributed by atoms with Gasteiger partial charge in [0, 0.05) is 10.9 Å². The molecule has 21 heavy (non-hydrogen) atoms. The Kier molecular flexibility index (Phi) is 3.13. The van der Waals surface area contributed by atoms with Gasteiger partial charge in [-0.05, 0) is 17.0 Å². The minimum atomic E-state index is -0.152. The molecule has 1 heterocycles. The van der Waals surface area contributed by atoms with Gasteiger partial charge in [0.2, 0.25) is 0 Å². The molecule has 0 atom stereocenters. The summed E-state index contributed by atoms with van der Waals surface area (Å²) in [5.74, 6) is 0. The lowest BCUT2D eigenvalue weighted by Crippen LogP contribution is -2.11. The average Bonchev–Trinajstić information content (AvgIpc) is 2.47. The molecule has 0 unspecified atom stereocenters. The molecule has 0 spiro atoms. The van der Waals surface area contributed by atoms with Gasteiger partial charge in [-0.15, -0.1) is 0 Å². The molecule has 0 aliphatic rings. The number of aromatic amines is 1. The van der Waals surface area contributed by atoms with Crippen LogP contribution in [0.1, 0.15) is 26.3 Å². The van der Waals surface area contributed by atoms with Crippen molar-refractivity contribution in [1.82, 2.24) is 10.2 Å². The van der Waals surface area contributed by atoms with Crippen molar-refractivity contribution in [2.75, 3.05) is 0 Å². The van der Waals surface area contributed by atoms with Crippen LogP contribution in [0.3, 0.4) is 0 Å². The van der Waals surface area contributed by atoms with Crippen molar-refractivity contribution >= 4 is 10.8 Å². The Morgan fingerprint density at radius 2 is 1.52 bits per heavy atom. The maximum absolute atomic E-state index is 11.8. The second kappa shape index (κ2) is 4.85. The van der Waals surface area contributed by atoms with Crippen LogP contribution in [0.15, 0.2) is 53.3 Å². The number of hydrogen-bond donors (Lipinski definition) is 1. The number of fused-ring (bicyclic) bond motifs is 1. The first kappa shape index (κ1) is 13.6. The fraction of sp³-hybridized carbons (Fsp3) is 0.222. The van der Waals surface area contributed by atoms with Gasteiger partial charge in [0.05, 0.1) is 11.1 Å². The number of hydrogen-bond acceptors (Lipinski definition) is 2. The van der Waals surface area contributed by atoms with Gasteiger partial charge in [0.15, 0.2) is 0 Å². The van der Waals surface area contributed by atoms with Gasteiger partial charge in [-0.25, -0.2) is 5.10 Å². The second-order valence-corrected chi connectivity index (χ2v) is 6.27. The Labute approximate surface area is 123 Å². The minimum Gasteiger partial charge on any atom is -0.267 e. The molecule has 3 rings (SSSR count). The summed E-state index contributed by atoms with van der Waals surface area (Å²) < 4.78 is 0. The van der Waals surface area contributed by atoms with Crippen molar-refractivity contribution in [1.29, 1.82) is 0 Å². The van der Waals surface area contributed by atoms with Crippen molar-refractivity contribution in [3.8, 4) is 11.3 Å². The van der Waals surface area contributed by atoms with Crippen LogP contribution in [-0.4, -0.2) is 10.2 Å². The fourth-order valence-corrected chi connectivity index (χ4v) is 2.46. The van der Waals surface area contributed by atoms with E-state index in [1.807, 2.05) is 24.3 Å². The zero-order chi connectivity index (χ0) is 15.0. The largest absolute Gasteiger partial charge is 0.272 e. The van der Waals surface area contributed by atoms with E-state index in [2.05, 4.69) is 55.2 Å². The highest BCUT2D eigenvalue weighted by Gasteiger charge is 2.14. The monoisotopic (exact) mass is 278 g/mol. The SMILES string of the molecule is CC(C)(C)c1ccc(-c2n[nH]c(=O)c3ccccc23)cc1. The Bertz CT molecular complexity index is 839. The number of H-pyrrole nitrogens is 1. The van der Waals surface area contributed by atoms with Crippen molar-refractivity contribution in [2.45, 2.75) is 26.2 Å². The van der Waals surface area contributed by atoms with E-state index in [1.165, 1.54) is 5.56 Å². The number of aromatic nitrogens is 2. The highest BCUT2D eigenvalue weighted by Crippen LogP contribution is 2.27. The first-order valence-corrected chi connectivity index (χ1v) is 7.05. The topological polar surface area (TPSA) is 45.8 Å². The first-order valence-electron chi connectivity index (χ1n) is 7.05. The maximum Gasteiger partial charge on any atom is 0.272 e. The summed E-state index contributed by atoms with van der Waals surface area (Å²) in [6.07, 6.45) is 0. The fourth-order valence-electron chi connectivity index (χ4n) is 2.46. The van der Waals surface area contributed by atoms with Crippen LogP contribution in [-0.2, 0) is 5.41 Å². The van der Waals surface area contributed by atoms with E-state index < -0.39 is 0 Å². The Balaban J connectivity index is 2.17. The summed E-state index contributed by atoms with van der Waals surface area (Å²) in [5, 5.41) is 8.36. The first-order chi connectivity index (χ1) is 9.97. The zero-order valence-corrected chi connectivity index (χ0v) is 12.5. The third kappa shape index (κ3) is 2.47. The molecule has 0 bridgehead atoms. The van der Waals surface area contributed by atoms with Crippen LogP contribution in [0, 0.1) is 0 Å². The molecule has 106 valence electrons. The van der Waals surface area contributed by atoms with Crippen molar-refractivity contribution in [3.63, 3.8) is 0 Å². The molecule has 0 fully saturated rings. The number of nitrogens with one attached hydrogen (secondary N) is 1. The normalized spacial score (nSPS) is 11.8. The molecule has 1 N–H and O–H groups in total. The van der Waals surface area contributed by atoms with Gasteiger partial charge in [0.1, 0.15) is 0 Å². The summed E-state index contributed by atoms with van der Waals surface area (Å²) in [7, 11) is 0. The van der Waals surface area contributed by atoms with E-state index in [0.29, 0.717) is 5.39 Å². The van der Waals surface area contributed by atoms with E-state index in [0.717, 1.165) is 16.6 Å². The minimum absolute atomic E-state index is 0.124. The summed E-state index contributed by atoms with van der Waals surface area (Å²) >= 11 is 0. The lowest BCUT2D eigenvalue weighted by molar-refractivity contribution is 0.590. The van der Waals surface area contributed by atoms with E-state index in [9.17, 15) is 4.79 Å².